The fourth-order valence-electron chi connectivity index (χ4n) is 1.97. The van der Waals surface area contributed by atoms with Crippen molar-refractivity contribution in [1.29, 1.82) is 0 Å². The summed E-state index contributed by atoms with van der Waals surface area (Å²) in [7, 11) is 0. The molecule has 1 saturated carbocycles. The van der Waals surface area contributed by atoms with E-state index in [0.29, 0.717) is 0 Å². The smallest absolute Gasteiger partial charge is 0.114 e. The highest BCUT2D eigenvalue weighted by Gasteiger charge is 2.29. The second kappa shape index (κ2) is 3.99. The van der Waals surface area contributed by atoms with E-state index in [9.17, 15) is 0 Å². The number of aryl methyl sites for hydroxylation is 1. The number of furan rings is 1. The van der Waals surface area contributed by atoms with Gasteiger partial charge in [-0.1, -0.05) is 12.8 Å². The summed E-state index contributed by atoms with van der Waals surface area (Å²) in [5, 5.41) is 0. The van der Waals surface area contributed by atoms with Gasteiger partial charge in [0.15, 0.2) is 0 Å². The van der Waals surface area contributed by atoms with E-state index in [2.05, 4.69) is 0 Å². The molecule has 0 saturated heterocycles. The lowest BCUT2D eigenvalue weighted by molar-refractivity contribution is 0.496. The fraction of sp³-hybridized carbons (Fsp3) is 0.636. The Kier molecular flexibility index (Phi) is 2.88. The van der Waals surface area contributed by atoms with Crippen molar-refractivity contribution in [2.45, 2.75) is 43.0 Å². The Hall–Kier alpha value is -0.410. The molecule has 1 heterocycles. The van der Waals surface area contributed by atoms with Crippen LogP contribution in [0.3, 0.4) is 0 Å². The molecule has 78 valence electrons. The lowest BCUT2D eigenvalue weighted by atomic mass is 10.0. The van der Waals surface area contributed by atoms with Crippen LogP contribution in [0.1, 0.15) is 31.4 Å². The van der Waals surface area contributed by atoms with Crippen LogP contribution in [0.5, 0.6) is 0 Å². The van der Waals surface area contributed by atoms with Crippen molar-refractivity contribution in [2.24, 2.45) is 5.73 Å². The van der Waals surface area contributed by atoms with Crippen molar-refractivity contribution in [3.8, 4) is 0 Å². The van der Waals surface area contributed by atoms with Crippen LogP contribution in [-0.2, 0) is 0 Å². The first-order valence-electron chi connectivity index (χ1n) is 5.15. The van der Waals surface area contributed by atoms with E-state index in [-0.39, 0.29) is 5.54 Å². The van der Waals surface area contributed by atoms with Crippen molar-refractivity contribution in [2.75, 3.05) is 5.75 Å². The monoisotopic (exact) mass is 211 g/mol. The molecule has 0 radical (unpaired) electrons. The van der Waals surface area contributed by atoms with Crippen LogP contribution < -0.4 is 5.73 Å². The second-order valence-electron chi connectivity index (χ2n) is 4.20. The van der Waals surface area contributed by atoms with Crippen LogP contribution in [0.25, 0.3) is 0 Å². The minimum absolute atomic E-state index is 0.0778. The molecular formula is C11H17NOS. The molecule has 1 aliphatic rings. The van der Waals surface area contributed by atoms with Crippen LogP contribution in [0.2, 0.25) is 0 Å². The highest BCUT2D eigenvalue weighted by molar-refractivity contribution is 7.99. The Balaban J connectivity index is 1.91. The Bertz CT molecular complexity index is 302. The van der Waals surface area contributed by atoms with Gasteiger partial charge in [-0.3, -0.25) is 0 Å². The summed E-state index contributed by atoms with van der Waals surface area (Å²) in [5.74, 6) is 2.03. The average molecular weight is 211 g/mol. The van der Waals surface area contributed by atoms with Gasteiger partial charge in [0.2, 0.25) is 0 Å². The molecule has 0 amide bonds. The van der Waals surface area contributed by atoms with Crippen LogP contribution >= 0.6 is 11.8 Å². The molecule has 2 rings (SSSR count). The van der Waals surface area contributed by atoms with Gasteiger partial charge in [0.25, 0.3) is 0 Å². The fourth-order valence-corrected chi connectivity index (χ4v) is 3.10. The van der Waals surface area contributed by atoms with E-state index in [1.54, 1.807) is 6.26 Å². The molecular weight excluding hydrogens is 194 g/mol. The van der Waals surface area contributed by atoms with Gasteiger partial charge in [0.05, 0.1) is 6.26 Å². The van der Waals surface area contributed by atoms with E-state index < -0.39 is 0 Å². The van der Waals surface area contributed by atoms with Gasteiger partial charge in [0.1, 0.15) is 5.76 Å². The molecule has 1 aromatic rings. The van der Waals surface area contributed by atoms with Crippen molar-refractivity contribution in [1.82, 2.24) is 0 Å². The third-order valence-electron chi connectivity index (χ3n) is 2.93. The largest absolute Gasteiger partial charge is 0.468 e. The molecule has 1 aliphatic carbocycles. The van der Waals surface area contributed by atoms with Crippen LogP contribution in [0.15, 0.2) is 21.6 Å². The third-order valence-corrected chi connectivity index (χ3v) is 4.38. The normalized spacial score (nSPS) is 20.1. The molecule has 0 atom stereocenters. The Morgan fingerprint density at radius 1 is 1.50 bits per heavy atom. The van der Waals surface area contributed by atoms with E-state index >= 15 is 0 Å². The second-order valence-corrected chi connectivity index (χ2v) is 5.22. The zero-order valence-electron chi connectivity index (χ0n) is 8.58. The van der Waals surface area contributed by atoms with Gasteiger partial charge in [-0.2, -0.15) is 0 Å². The van der Waals surface area contributed by atoms with Crippen molar-refractivity contribution < 1.29 is 4.42 Å². The standard InChI is InChI=1S/C11H17NOS/c1-9-10(4-7-13-9)14-8-11(12)5-2-3-6-11/h4,7H,2-3,5-6,8,12H2,1H3. The highest BCUT2D eigenvalue weighted by atomic mass is 32.2. The number of nitrogens with two attached hydrogens (primary N) is 1. The van der Waals surface area contributed by atoms with Crippen LogP contribution in [-0.4, -0.2) is 11.3 Å². The first-order chi connectivity index (χ1) is 6.70. The molecule has 14 heavy (non-hydrogen) atoms. The molecule has 2 N–H and O–H groups in total. The van der Waals surface area contributed by atoms with Crippen molar-refractivity contribution >= 4 is 11.8 Å². The van der Waals surface area contributed by atoms with E-state index in [1.165, 1.54) is 30.6 Å². The summed E-state index contributed by atoms with van der Waals surface area (Å²) in [4.78, 5) is 1.24. The lowest BCUT2D eigenvalue weighted by Gasteiger charge is -2.22. The van der Waals surface area contributed by atoms with Gasteiger partial charge in [-0.25, -0.2) is 0 Å². The molecule has 0 aromatic carbocycles. The van der Waals surface area contributed by atoms with Crippen LogP contribution in [0, 0.1) is 6.92 Å². The summed E-state index contributed by atoms with van der Waals surface area (Å²) in [6.07, 6.45) is 6.69. The maximum atomic E-state index is 6.27. The predicted molar refractivity (Wildman–Crippen MR) is 59.6 cm³/mol. The van der Waals surface area contributed by atoms with Crippen molar-refractivity contribution in [3.05, 3.63) is 18.1 Å². The van der Waals surface area contributed by atoms with E-state index in [4.69, 9.17) is 10.2 Å². The van der Waals surface area contributed by atoms with Gasteiger partial charge in [-0.15, -0.1) is 11.8 Å². The summed E-state index contributed by atoms with van der Waals surface area (Å²) in [6.45, 7) is 2.00. The Labute approximate surface area is 89.2 Å². The molecule has 1 aromatic heterocycles. The Morgan fingerprint density at radius 2 is 2.21 bits per heavy atom. The summed E-state index contributed by atoms with van der Waals surface area (Å²) < 4.78 is 5.25. The first-order valence-corrected chi connectivity index (χ1v) is 6.14. The van der Waals surface area contributed by atoms with Gasteiger partial charge >= 0.3 is 0 Å². The third kappa shape index (κ3) is 2.15. The van der Waals surface area contributed by atoms with Gasteiger partial charge in [-0.05, 0) is 25.8 Å². The molecule has 2 nitrogen and oxygen atoms in total. The minimum atomic E-state index is 0.0778. The molecule has 3 heteroatoms. The topological polar surface area (TPSA) is 39.2 Å². The van der Waals surface area contributed by atoms with Gasteiger partial charge in [0, 0.05) is 16.2 Å². The average Bonchev–Trinajstić information content (AvgIpc) is 2.73. The van der Waals surface area contributed by atoms with Gasteiger partial charge < -0.3 is 10.2 Å². The molecule has 0 spiro atoms. The molecule has 0 aliphatic heterocycles. The quantitative estimate of drug-likeness (QED) is 0.781. The zero-order chi connectivity index (χ0) is 10.0. The first kappa shape index (κ1) is 10.1. The lowest BCUT2D eigenvalue weighted by Crippen LogP contribution is -2.39. The van der Waals surface area contributed by atoms with E-state index in [1.807, 2.05) is 24.8 Å². The minimum Gasteiger partial charge on any atom is -0.468 e. The molecule has 0 bridgehead atoms. The summed E-state index contributed by atoms with van der Waals surface area (Å²) in [5.41, 5.74) is 6.35. The maximum absolute atomic E-state index is 6.27. The molecule has 1 fully saturated rings. The number of hydrogen-bond acceptors (Lipinski definition) is 3. The number of thioether (sulfide) groups is 1. The molecule has 0 unspecified atom stereocenters. The Morgan fingerprint density at radius 3 is 2.79 bits per heavy atom. The van der Waals surface area contributed by atoms with Crippen molar-refractivity contribution in [3.63, 3.8) is 0 Å². The summed E-state index contributed by atoms with van der Waals surface area (Å²) >= 11 is 1.83. The predicted octanol–water partition coefficient (Wildman–Crippen LogP) is 2.95. The van der Waals surface area contributed by atoms with E-state index in [0.717, 1.165) is 11.5 Å². The number of hydrogen-bond donors (Lipinski definition) is 1. The maximum Gasteiger partial charge on any atom is 0.114 e. The van der Waals surface area contributed by atoms with Crippen LogP contribution in [0.4, 0.5) is 0 Å². The SMILES string of the molecule is Cc1occc1SCC1(N)CCCC1. The highest BCUT2D eigenvalue weighted by Crippen LogP contribution is 2.34. The zero-order valence-corrected chi connectivity index (χ0v) is 9.40. The number of rotatable bonds is 3. The summed E-state index contributed by atoms with van der Waals surface area (Å²) in [6, 6.07) is 2.03.